The van der Waals surface area contributed by atoms with E-state index >= 15 is 0 Å². The molecule has 0 saturated heterocycles. The van der Waals surface area contributed by atoms with Gasteiger partial charge in [-0.3, -0.25) is 14.4 Å². The van der Waals surface area contributed by atoms with Crippen molar-refractivity contribution >= 4 is 65.8 Å². The molecule has 1 amide bonds. The second-order valence-electron chi connectivity index (χ2n) is 5.31. The molecule has 0 fully saturated rings. The van der Waals surface area contributed by atoms with Gasteiger partial charge in [0.2, 0.25) is 21.1 Å². The first kappa shape index (κ1) is 20.1. The van der Waals surface area contributed by atoms with E-state index < -0.39 is 15.9 Å². The van der Waals surface area contributed by atoms with Gasteiger partial charge < -0.3 is 0 Å². The molecule has 1 N–H and O–H groups in total. The molecule has 0 atom stereocenters. The van der Waals surface area contributed by atoms with Crippen LogP contribution in [-0.2, 0) is 14.8 Å². The first-order chi connectivity index (χ1) is 11.7. The highest BCUT2D eigenvalue weighted by Crippen LogP contribution is 2.29. The Kier molecular flexibility index (Phi) is 6.83. The van der Waals surface area contributed by atoms with Crippen LogP contribution in [0.2, 0.25) is 0 Å². The lowest BCUT2D eigenvalue weighted by Crippen LogP contribution is -2.37. The van der Waals surface area contributed by atoms with Gasteiger partial charge >= 0.3 is 0 Å². The van der Waals surface area contributed by atoms with E-state index in [0.29, 0.717) is 20.5 Å². The molecular formula is C14H17BrN4O3S3. The molecule has 0 aliphatic heterocycles. The van der Waals surface area contributed by atoms with E-state index in [0.717, 1.165) is 14.9 Å². The van der Waals surface area contributed by atoms with E-state index in [1.807, 2.05) is 13.8 Å². The maximum Gasteiger partial charge on any atom is 0.246 e. The molecule has 0 aliphatic rings. The number of aromatic nitrogens is 2. The summed E-state index contributed by atoms with van der Waals surface area (Å²) in [4.78, 5) is 12.3. The molecule has 7 nitrogen and oxygen atoms in total. The largest absolute Gasteiger partial charge is 0.299 e. The van der Waals surface area contributed by atoms with Gasteiger partial charge in [0.1, 0.15) is 6.54 Å². The van der Waals surface area contributed by atoms with E-state index in [2.05, 4.69) is 31.4 Å². The van der Waals surface area contributed by atoms with Gasteiger partial charge in [-0.05, 0) is 28.1 Å². The number of hydrogen-bond donors (Lipinski definition) is 1. The second-order valence-corrected chi connectivity index (χ2v) is 10.9. The normalized spacial score (nSPS) is 11.6. The van der Waals surface area contributed by atoms with E-state index in [1.165, 1.54) is 11.3 Å². The summed E-state index contributed by atoms with van der Waals surface area (Å²) in [5, 5.41) is 11.2. The summed E-state index contributed by atoms with van der Waals surface area (Å²) in [6, 6.07) is 6.81. The maximum absolute atomic E-state index is 12.3. The summed E-state index contributed by atoms with van der Waals surface area (Å²) in [5.74, 6) is -0.488. The molecule has 25 heavy (non-hydrogen) atoms. The Bertz CT molecular complexity index is 855. The predicted octanol–water partition coefficient (Wildman–Crippen LogP) is 3.21. The maximum atomic E-state index is 12.3. The minimum absolute atomic E-state index is 0.341. The van der Waals surface area contributed by atoms with Crippen LogP contribution in [-0.4, -0.2) is 42.6 Å². The van der Waals surface area contributed by atoms with Crippen molar-refractivity contribution in [1.82, 2.24) is 10.2 Å². The number of halogens is 1. The van der Waals surface area contributed by atoms with E-state index in [9.17, 15) is 13.2 Å². The minimum Gasteiger partial charge on any atom is -0.299 e. The van der Waals surface area contributed by atoms with Crippen LogP contribution in [0, 0.1) is 0 Å². The molecule has 136 valence electrons. The second kappa shape index (κ2) is 8.47. The molecule has 11 heteroatoms. The Morgan fingerprint density at radius 1 is 1.36 bits per heavy atom. The molecule has 1 heterocycles. The van der Waals surface area contributed by atoms with Gasteiger partial charge in [-0.2, -0.15) is 0 Å². The standard InChI is InChI=1S/C14H17BrN4O3S3/c1-9(2)23-14-18-17-13(24-14)16-12(20)8-19(25(3,21)22)11-7-5-4-6-10(11)15/h4-7,9H,8H2,1-3H3,(H,16,17,20). The summed E-state index contributed by atoms with van der Waals surface area (Å²) in [6.07, 6.45) is 1.06. The molecule has 2 aromatic rings. The molecule has 0 aliphatic carbocycles. The summed E-state index contributed by atoms with van der Waals surface area (Å²) in [6.45, 7) is 3.71. The Balaban J connectivity index is 2.13. The van der Waals surface area contributed by atoms with Gasteiger partial charge in [-0.15, -0.1) is 10.2 Å². The number of hydrogen-bond acceptors (Lipinski definition) is 7. The Labute approximate surface area is 163 Å². The molecular weight excluding hydrogens is 448 g/mol. The van der Waals surface area contributed by atoms with Crippen molar-refractivity contribution in [3.8, 4) is 0 Å². The van der Waals surface area contributed by atoms with Crippen molar-refractivity contribution < 1.29 is 13.2 Å². The zero-order valence-electron chi connectivity index (χ0n) is 13.8. The topological polar surface area (TPSA) is 92.3 Å². The first-order valence-corrected chi connectivity index (χ1v) is 11.5. The zero-order chi connectivity index (χ0) is 18.6. The molecule has 0 spiro atoms. The molecule has 1 aromatic carbocycles. The number of anilines is 2. The van der Waals surface area contributed by atoms with Gasteiger partial charge in [0.05, 0.1) is 11.9 Å². The monoisotopic (exact) mass is 464 g/mol. The van der Waals surface area contributed by atoms with Crippen LogP contribution in [0.3, 0.4) is 0 Å². The zero-order valence-corrected chi connectivity index (χ0v) is 17.8. The number of carbonyl (C=O) groups is 1. The lowest BCUT2D eigenvalue weighted by Gasteiger charge is -2.22. The fourth-order valence-electron chi connectivity index (χ4n) is 1.83. The number of carbonyl (C=O) groups excluding carboxylic acids is 1. The van der Waals surface area contributed by atoms with E-state index in [1.54, 1.807) is 36.0 Å². The van der Waals surface area contributed by atoms with Crippen LogP contribution >= 0.6 is 39.0 Å². The molecule has 1 aromatic heterocycles. The molecule has 0 radical (unpaired) electrons. The van der Waals surface area contributed by atoms with Crippen LogP contribution in [0.15, 0.2) is 33.1 Å². The van der Waals surface area contributed by atoms with Crippen molar-refractivity contribution in [3.63, 3.8) is 0 Å². The van der Waals surface area contributed by atoms with Crippen LogP contribution in [0.1, 0.15) is 13.8 Å². The van der Waals surface area contributed by atoms with Crippen molar-refractivity contribution in [2.75, 3.05) is 22.4 Å². The number of para-hydroxylation sites is 1. The summed E-state index contributed by atoms with van der Waals surface area (Å²) in [7, 11) is -3.63. The van der Waals surface area contributed by atoms with Gasteiger partial charge in [-0.25, -0.2) is 8.42 Å². The predicted molar refractivity (Wildman–Crippen MR) is 106 cm³/mol. The van der Waals surface area contributed by atoms with Crippen LogP contribution in [0.25, 0.3) is 0 Å². The molecule has 0 unspecified atom stereocenters. The number of nitrogens with one attached hydrogen (secondary N) is 1. The molecule has 2 rings (SSSR count). The SMILES string of the molecule is CC(C)Sc1nnc(NC(=O)CN(c2ccccc2Br)S(C)(=O)=O)s1. The summed E-state index contributed by atoms with van der Waals surface area (Å²) < 4.78 is 26.6. The van der Waals surface area contributed by atoms with Gasteiger partial charge in [0.25, 0.3) is 0 Å². The van der Waals surface area contributed by atoms with Crippen LogP contribution in [0.4, 0.5) is 10.8 Å². The Morgan fingerprint density at radius 2 is 2.04 bits per heavy atom. The average Bonchev–Trinajstić information content (AvgIpc) is 2.90. The summed E-state index contributed by atoms with van der Waals surface area (Å²) >= 11 is 6.11. The van der Waals surface area contributed by atoms with Gasteiger partial charge in [0.15, 0.2) is 4.34 Å². The quantitative estimate of drug-likeness (QED) is 0.499. The fourth-order valence-corrected chi connectivity index (χ4v) is 5.31. The highest BCUT2D eigenvalue weighted by Gasteiger charge is 2.23. The fraction of sp³-hybridized carbons (Fsp3) is 0.357. The number of amides is 1. The summed E-state index contributed by atoms with van der Waals surface area (Å²) in [5.41, 5.74) is 0.397. The highest BCUT2D eigenvalue weighted by molar-refractivity contribution is 9.10. The Hall–Kier alpha value is -1.17. The lowest BCUT2D eigenvalue weighted by molar-refractivity contribution is -0.114. The van der Waals surface area contributed by atoms with Crippen molar-refractivity contribution in [1.29, 1.82) is 0 Å². The lowest BCUT2D eigenvalue weighted by atomic mass is 10.3. The smallest absolute Gasteiger partial charge is 0.246 e. The molecule has 0 bridgehead atoms. The van der Waals surface area contributed by atoms with Crippen molar-refractivity contribution in [2.24, 2.45) is 0 Å². The third kappa shape index (κ3) is 5.94. The molecule has 0 saturated carbocycles. The Morgan fingerprint density at radius 3 is 2.64 bits per heavy atom. The van der Waals surface area contributed by atoms with Crippen molar-refractivity contribution in [3.05, 3.63) is 28.7 Å². The third-order valence-electron chi connectivity index (χ3n) is 2.80. The average molecular weight is 465 g/mol. The number of thioether (sulfide) groups is 1. The van der Waals surface area contributed by atoms with Crippen molar-refractivity contribution in [2.45, 2.75) is 23.4 Å². The number of benzene rings is 1. The van der Waals surface area contributed by atoms with Gasteiger partial charge in [-0.1, -0.05) is 49.1 Å². The number of rotatable bonds is 7. The minimum atomic E-state index is -3.63. The van der Waals surface area contributed by atoms with Gasteiger partial charge in [0, 0.05) is 9.72 Å². The number of sulfonamides is 1. The highest BCUT2D eigenvalue weighted by atomic mass is 79.9. The third-order valence-corrected chi connectivity index (χ3v) is 6.52. The van der Waals surface area contributed by atoms with E-state index in [-0.39, 0.29) is 6.54 Å². The van der Waals surface area contributed by atoms with Crippen LogP contribution in [0.5, 0.6) is 0 Å². The number of nitrogens with zero attached hydrogens (tertiary/aromatic N) is 3. The first-order valence-electron chi connectivity index (χ1n) is 7.19. The van der Waals surface area contributed by atoms with Crippen LogP contribution < -0.4 is 9.62 Å². The van der Waals surface area contributed by atoms with E-state index in [4.69, 9.17) is 0 Å².